The lowest BCUT2D eigenvalue weighted by atomic mass is 10.2. The van der Waals surface area contributed by atoms with Gasteiger partial charge >= 0.3 is 5.97 Å². The van der Waals surface area contributed by atoms with Crippen molar-refractivity contribution in [3.8, 4) is 0 Å². The smallest absolute Gasteiger partial charge is 0.338 e. The zero-order valence-electron chi connectivity index (χ0n) is 8.24. The van der Waals surface area contributed by atoms with Crippen LogP contribution in [-0.2, 0) is 4.74 Å². The van der Waals surface area contributed by atoms with E-state index in [4.69, 9.17) is 16.3 Å². The maximum Gasteiger partial charge on any atom is 0.338 e. The molecular formula is C10H8ClN3O2. The van der Waals surface area contributed by atoms with E-state index in [1.807, 2.05) is 0 Å². The Morgan fingerprint density at radius 1 is 1.56 bits per heavy atom. The summed E-state index contributed by atoms with van der Waals surface area (Å²) in [5, 5.41) is 10.5. The Labute approximate surface area is 96.0 Å². The van der Waals surface area contributed by atoms with Crippen molar-refractivity contribution >= 4 is 28.6 Å². The Kier molecular flexibility index (Phi) is 2.87. The molecule has 1 aromatic heterocycles. The van der Waals surface area contributed by atoms with Gasteiger partial charge in [0.2, 0.25) is 0 Å². The number of H-pyrrole nitrogens is 1. The molecule has 2 rings (SSSR count). The van der Waals surface area contributed by atoms with Crippen LogP contribution in [-0.4, -0.2) is 28.0 Å². The summed E-state index contributed by atoms with van der Waals surface area (Å²) >= 11 is 5.93. The number of carbonyl (C=O) groups is 1. The molecule has 0 spiro atoms. The van der Waals surface area contributed by atoms with E-state index in [9.17, 15) is 4.79 Å². The molecule has 2 aromatic rings. The van der Waals surface area contributed by atoms with E-state index in [0.717, 1.165) is 0 Å². The Morgan fingerprint density at radius 3 is 3.12 bits per heavy atom. The van der Waals surface area contributed by atoms with Gasteiger partial charge in [-0.1, -0.05) is 24.3 Å². The summed E-state index contributed by atoms with van der Waals surface area (Å²) in [4.78, 5) is 11.5. The number of ether oxygens (including phenoxy) is 1. The predicted molar refractivity (Wildman–Crippen MR) is 59.4 cm³/mol. The number of rotatable bonds is 3. The van der Waals surface area contributed by atoms with E-state index in [0.29, 0.717) is 21.6 Å². The largest absolute Gasteiger partial charge is 0.458 e. The minimum absolute atomic E-state index is 0.160. The average molecular weight is 238 g/mol. The topological polar surface area (TPSA) is 67.9 Å². The van der Waals surface area contributed by atoms with Gasteiger partial charge in [0.25, 0.3) is 0 Å². The van der Waals surface area contributed by atoms with Crippen molar-refractivity contribution in [3.63, 3.8) is 0 Å². The van der Waals surface area contributed by atoms with E-state index in [1.165, 1.54) is 12.1 Å². The summed E-state index contributed by atoms with van der Waals surface area (Å²) < 4.78 is 4.88. The molecule has 0 amide bonds. The van der Waals surface area contributed by atoms with Crippen molar-refractivity contribution < 1.29 is 9.53 Å². The molecule has 0 fully saturated rings. The van der Waals surface area contributed by atoms with Crippen LogP contribution in [0.1, 0.15) is 10.4 Å². The number of hydrogen-bond donors (Lipinski definition) is 1. The fourth-order valence-electron chi connectivity index (χ4n) is 1.25. The van der Waals surface area contributed by atoms with E-state index >= 15 is 0 Å². The fraction of sp³-hybridized carbons (Fsp3) is 0.100. The summed E-state index contributed by atoms with van der Waals surface area (Å²) in [5.41, 5.74) is 1.40. The van der Waals surface area contributed by atoms with Gasteiger partial charge in [0.1, 0.15) is 17.6 Å². The maximum atomic E-state index is 11.5. The average Bonchev–Trinajstić information content (AvgIpc) is 2.74. The number of fused-ring (bicyclic) bond motifs is 1. The normalized spacial score (nSPS) is 10.3. The first-order chi connectivity index (χ1) is 7.72. The van der Waals surface area contributed by atoms with Gasteiger partial charge in [-0.25, -0.2) is 4.79 Å². The Hall–Kier alpha value is -1.88. The van der Waals surface area contributed by atoms with E-state index in [-0.39, 0.29) is 6.61 Å². The zero-order chi connectivity index (χ0) is 11.5. The Morgan fingerprint density at radius 2 is 2.38 bits per heavy atom. The van der Waals surface area contributed by atoms with Gasteiger partial charge in [0, 0.05) is 0 Å². The quantitative estimate of drug-likeness (QED) is 0.655. The number of carbonyl (C=O) groups excluding carboxylic acids is 1. The minimum Gasteiger partial charge on any atom is -0.458 e. The summed E-state index contributed by atoms with van der Waals surface area (Å²) in [5.74, 6) is -0.466. The van der Waals surface area contributed by atoms with Gasteiger partial charge in [-0.3, -0.25) is 0 Å². The molecular weight excluding hydrogens is 230 g/mol. The molecule has 0 atom stereocenters. The summed E-state index contributed by atoms with van der Waals surface area (Å²) in [6.07, 6.45) is 1.49. The molecule has 82 valence electrons. The number of nitrogens with one attached hydrogen (secondary N) is 1. The summed E-state index contributed by atoms with van der Waals surface area (Å²) in [7, 11) is 0. The second-order valence-corrected chi connectivity index (χ2v) is 3.44. The van der Waals surface area contributed by atoms with Crippen molar-refractivity contribution in [2.24, 2.45) is 0 Å². The van der Waals surface area contributed by atoms with Crippen molar-refractivity contribution in [2.45, 2.75) is 0 Å². The highest BCUT2D eigenvalue weighted by molar-refractivity contribution is 6.35. The molecule has 1 N–H and O–H groups in total. The highest BCUT2D eigenvalue weighted by Crippen LogP contribution is 2.22. The molecule has 0 radical (unpaired) electrons. The second-order valence-electron chi connectivity index (χ2n) is 3.04. The van der Waals surface area contributed by atoms with Crippen LogP contribution in [0.25, 0.3) is 11.0 Å². The SMILES string of the molecule is C=CCOC(=O)c1cc(Cl)c2n[nH]nc2c1. The fourth-order valence-corrected chi connectivity index (χ4v) is 1.50. The Balaban J connectivity index is 2.37. The number of benzene rings is 1. The van der Waals surface area contributed by atoms with Gasteiger partial charge in [0.05, 0.1) is 10.6 Å². The highest BCUT2D eigenvalue weighted by Gasteiger charge is 2.12. The molecule has 0 saturated heterocycles. The molecule has 0 unspecified atom stereocenters. The maximum absolute atomic E-state index is 11.5. The Bertz CT molecular complexity index is 550. The van der Waals surface area contributed by atoms with Crippen LogP contribution in [0.5, 0.6) is 0 Å². The monoisotopic (exact) mass is 237 g/mol. The number of esters is 1. The van der Waals surface area contributed by atoms with Crippen molar-refractivity contribution in [3.05, 3.63) is 35.4 Å². The molecule has 0 aliphatic heterocycles. The first-order valence-electron chi connectivity index (χ1n) is 4.50. The summed E-state index contributed by atoms with van der Waals surface area (Å²) in [6.45, 7) is 3.61. The molecule has 0 aliphatic carbocycles. The van der Waals surface area contributed by atoms with Crippen LogP contribution < -0.4 is 0 Å². The van der Waals surface area contributed by atoms with Gasteiger partial charge < -0.3 is 4.74 Å². The van der Waals surface area contributed by atoms with Gasteiger partial charge in [-0.2, -0.15) is 15.4 Å². The molecule has 16 heavy (non-hydrogen) atoms. The zero-order valence-corrected chi connectivity index (χ0v) is 8.99. The van der Waals surface area contributed by atoms with Gasteiger partial charge in [0.15, 0.2) is 0 Å². The van der Waals surface area contributed by atoms with Crippen LogP contribution in [0.2, 0.25) is 5.02 Å². The van der Waals surface area contributed by atoms with Crippen LogP contribution in [0.4, 0.5) is 0 Å². The lowest BCUT2D eigenvalue weighted by Gasteiger charge is -2.02. The van der Waals surface area contributed by atoms with Crippen LogP contribution >= 0.6 is 11.6 Å². The van der Waals surface area contributed by atoms with Crippen LogP contribution in [0, 0.1) is 0 Å². The predicted octanol–water partition coefficient (Wildman–Crippen LogP) is 1.95. The second kappa shape index (κ2) is 4.32. The van der Waals surface area contributed by atoms with Crippen molar-refractivity contribution in [2.75, 3.05) is 6.61 Å². The van der Waals surface area contributed by atoms with Gasteiger partial charge in [-0.05, 0) is 12.1 Å². The number of halogens is 1. The molecule has 0 bridgehead atoms. The molecule has 6 heteroatoms. The van der Waals surface area contributed by atoms with E-state index in [2.05, 4.69) is 22.0 Å². The van der Waals surface area contributed by atoms with Gasteiger partial charge in [-0.15, -0.1) is 0 Å². The molecule has 5 nitrogen and oxygen atoms in total. The molecule has 1 heterocycles. The third-order valence-corrected chi connectivity index (χ3v) is 2.23. The lowest BCUT2D eigenvalue weighted by molar-refractivity contribution is 0.0550. The number of aromatic amines is 1. The number of aromatic nitrogens is 3. The molecule has 1 aromatic carbocycles. The molecule has 0 aliphatic rings. The van der Waals surface area contributed by atoms with Crippen LogP contribution in [0.3, 0.4) is 0 Å². The van der Waals surface area contributed by atoms with Crippen LogP contribution in [0.15, 0.2) is 24.8 Å². The first-order valence-corrected chi connectivity index (χ1v) is 4.88. The van der Waals surface area contributed by atoms with Crippen molar-refractivity contribution in [1.82, 2.24) is 15.4 Å². The standard InChI is InChI=1S/C10H8ClN3O2/c1-2-3-16-10(15)6-4-7(11)9-8(5-6)12-14-13-9/h2,4-5H,1,3H2,(H,12,13,14). The summed E-state index contributed by atoms with van der Waals surface area (Å²) in [6, 6.07) is 3.06. The van der Waals surface area contributed by atoms with Crippen molar-refractivity contribution in [1.29, 1.82) is 0 Å². The first kappa shape index (κ1) is 10.6. The molecule has 0 saturated carbocycles. The number of hydrogen-bond acceptors (Lipinski definition) is 4. The number of nitrogens with zero attached hydrogens (tertiary/aromatic N) is 2. The van der Waals surface area contributed by atoms with E-state index < -0.39 is 5.97 Å². The lowest BCUT2D eigenvalue weighted by Crippen LogP contribution is -2.04. The third-order valence-electron chi connectivity index (χ3n) is 1.94. The third kappa shape index (κ3) is 1.90. The highest BCUT2D eigenvalue weighted by atomic mass is 35.5. The van der Waals surface area contributed by atoms with E-state index in [1.54, 1.807) is 6.07 Å². The minimum atomic E-state index is -0.466.